The van der Waals surface area contributed by atoms with E-state index in [4.69, 9.17) is 9.47 Å². The summed E-state index contributed by atoms with van der Waals surface area (Å²) >= 11 is 0. The minimum Gasteiger partial charge on any atom is -0.490 e. The third-order valence-electron chi connectivity index (χ3n) is 4.56. The minimum absolute atomic E-state index is 0.0128. The molecule has 0 unspecified atom stereocenters. The highest BCUT2D eigenvalue weighted by molar-refractivity contribution is 5.98. The van der Waals surface area contributed by atoms with Crippen molar-refractivity contribution < 1.29 is 29.0 Å². The van der Waals surface area contributed by atoms with Crippen molar-refractivity contribution in [3.05, 3.63) is 23.8 Å². The maximum absolute atomic E-state index is 12.5. The number of ketones is 1. The van der Waals surface area contributed by atoms with Gasteiger partial charge in [0.25, 0.3) is 0 Å². The first kappa shape index (κ1) is 24.5. The molecule has 0 aromatic heterocycles. The lowest BCUT2D eigenvalue weighted by atomic mass is 9.99. The Labute approximate surface area is 172 Å². The number of amides is 1. The van der Waals surface area contributed by atoms with E-state index in [1.54, 1.807) is 25.1 Å². The Morgan fingerprint density at radius 2 is 1.62 bits per heavy atom. The number of carbonyl (C=O) groups excluding carboxylic acids is 2. The zero-order valence-corrected chi connectivity index (χ0v) is 17.8. The average Bonchev–Trinajstić information content (AvgIpc) is 2.72. The number of carbonyl (C=O) groups is 3. The van der Waals surface area contributed by atoms with Gasteiger partial charge in [-0.15, -0.1) is 0 Å². The predicted octanol–water partition coefficient (Wildman–Crippen LogP) is 3.84. The van der Waals surface area contributed by atoms with E-state index in [9.17, 15) is 19.5 Å². The van der Waals surface area contributed by atoms with Gasteiger partial charge in [0.15, 0.2) is 17.3 Å². The number of nitrogens with one attached hydrogen (secondary N) is 1. The largest absolute Gasteiger partial charge is 0.490 e. The maximum Gasteiger partial charge on any atom is 0.326 e. The van der Waals surface area contributed by atoms with Crippen LogP contribution in [0.2, 0.25) is 0 Å². The fourth-order valence-corrected chi connectivity index (χ4v) is 2.64. The molecule has 2 N–H and O–H groups in total. The van der Waals surface area contributed by atoms with Crippen molar-refractivity contribution in [3.8, 4) is 11.5 Å². The van der Waals surface area contributed by atoms with E-state index in [0.29, 0.717) is 36.7 Å². The van der Waals surface area contributed by atoms with Gasteiger partial charge in [-0.3, -0.25) is 9.59 Å². The van der Waals surface area contributed by atoms with Gasteiger partial charge in [0.2, 0.25) is 5.91 Å². The van der Waals surface area contributed by atoms with Gasteiger partial charge in [0.1, 0.15) is 6.04 Å². The normalized spacial score (nSPS) is 12.7. The lowest BCUT2D eigenvalue weighted by molar-refractivity contribution is -0.143. The Morgan fingerprint density at radius 1 is 1.00 bits per heavy atom. The quantitative estimate of drug-likeness (QED) is 0.454. The molecule has 0 radical (unpaired) electrons. The SMILES string of the molecule is CCCOc1ccc(C(=O)CCC(=O)N[C@@H](C(=O)O)[C@H](C)CC)cc1OCCC. The Balaban J connectivity index is 2.75. The monoisotopic (exact) mass is 407 g/mol. The number of rotatable bonds is 14. The minimum atomic E-state index is -1.07. The van der Waals surface area contributed by atoms with E-state index in [1.807, 2.05) is 20.8 Å². The fourth-order valence-electron chi connectivity index (χ4n) is 2.64. The second-order valence-electron chi connectivity index (χ2n) is 7.05. The number of hydrogen-bond donors (Lipinski definition) is 2. The van der Waals surface area contributed by atoms with E-state index in [1.165, 1.54) is 0 Å². The highest BCUT2D eigenvalue weighted by atomic mass is 16.5. The Bertz CT molecular complexity index is 688. The van der Waals surface area contributed by atoms with Crippen molar-refractivity contribution in [2.24, 2.45) is 5.92 Å². The van der Waals surface area contributed by atoms with E-state index >= 15 is 0 Å². The summed E-state index contributed by atoms with van der Waals surface area (Å²) in [5.74, 6) is -0.818. The molecular weight excluding hydrogens is 374 g/mol. The number of Topliss-reactive ketones (excluding diaryl/α,β-unsaturated/α-hetero) is 1. The zero-order valence-electron chi connectivity index (χ0n) is 17.8. The van der Waals surface area contributed by atoms with Gasteiger partial charge in [-0.05, 0) is 37.0 Å². The summed E-state index contributed by atoms with van der Waals surface area (Å²) in [6.07, 6.45) is 2.23. The molecule has 0 aliphatic heterocycles. The summed E-state index contributed by atoms with van der Waals surface area (Å²) in [5.41, 5.74) is 0.435. The molecular formula is C22H33NO6. The summed E-state index contributed by atoms with van der Waals surface area (Å²) in [4.78, 5) is 36.0. The third-order valence-corrected chi connectivity index (χ3v) is 4.56. The lowest BCUT2D eigenvalue weighted by Gasteiger charge is -2.20. The molecule has 1 rings (SSSR count). The molecule has 1 aromatic rings. The first-order valence-electron chi connectivity index (χ1n) is 10.3. The van der Waals surface area contributed by atoms with Gasteiger partial charge < -0.3 is 19.9 Å². The molecule has 1 aromatic carbocycles. The fraction of sp³-hybridized carbons (Fsp3) is 0.591. The molecule has 0 fully saturated rings. The summed E-state index contributed by atoms with van der Waals surface area (Å²) in [7, 11) is 0. The molecule has 0 spiro atoms. The van der Waals surface area contributed by atoms with Crippen LogP contribution in [0.5, 0.6) is 11.5 Å². The van der Waals surface area contributed by atoms with Crippen LogP contribution in [0.1, 0.15) is 70.2 Å². The van der Waals surface area contributed by atoms with Crippen molar-refractivity contribution in [2.75, 3.05) is 13.2 Å². The number of carboxylic acids is 1. The number of ether oxygens (including phenoxy) is 2. The average molecular weight is 408 g/mol. The Hall–Kier alpha value is -2.57. The molecule has 0 aliphatic rings. The van der Waals surface area contributed by atoms with Crippen molar-refractivity contribution in [1.82, 2.24) is 5.32 Å². The molecule has 2 atom stereocenters. The van der Waals surface area contributed by atoms with Gasteiger partial charge in [-0.25, -0.2) is 4.79 Å². The van der Waals surface area contributed by atoms with Crippen LogP contribution < -0.4 is 14.8 Å². The van der Waals surface area contributed by atoms with Crippen LogP contribution in [-0.4, -0.2) is 42.0 Å². The number of aliphatic carboxylic acids is 1. The predicted molar refractivity (Wildman–Crippen MR) is 111 cm³/mol. The molecule has 0 bridgehead atoms. The molecule has 7 nitrogen and oxygen atoms in total. The van der Waals surface area contributed by atoms with Crippen LogP contribution in [0, 0.1) is 5.92 Å². The Kier molecular flexibility index (Phi) is 10.8. The van der Waals surface area contributed by atoms with Crippen molar-refractivity contribution in [1.29, 1.82) is 0 Å². The summed E-state index contributed by atoms with van der Waals surface area (Å²) in [6, 6.07) is 4.05. The number of carboxylic acid groups (broad SMARTS) is 1. The van der Waals surface area contributed by atoms with E-state index < -0.39 is 17.9 Å². The van der Waals surface area contributed by atoms with Gasteiger partial charge >= 0.3 is 5.97 Å². The van der Waals surface area contributed by atoms with E-state index in [2.05, 4.69) is 5.32 Å². The van der Waals surface area contributed by atoms with Gasteiger partial charge in [0, 0.05) is 18.4 Å². The van der Waals surface area contributed by atoms with Crippen LogP contribution in [-0.2, 0) is 9.59 Å². The number of hydrogen-bond acceptors (Lipinski definition) is 5. The van der Waals surface area contributed by atoms with Gasteiger partial charge in [-0.1, -0.05) is 34.1 Å². The third kappa shape index (κ3) is 8.13. The highest BCUT2D eigenvalue weighted by Crippen LogP contribution is 2.29. The standard InChI is InChI=1S/C22H33NO6/c1-5-12-28-18-10-8-16(14-19(18)29-13-6-2)17(24)9-11-20(25)23-21(22(26)27)15(4)7-3/h8,10,14-15,21H,5-7,9,11-13H2,1-4H3,(H,23,25)(H,26,27)/t15-,21-/m1/s1. The van der Waals surface area contributed by atoms with Gasteiger partial charge in [0.05, 0.1) is 13.2 Å². The molecule has 29 heavy (non-hydrogen) atoms. The van der Waals surface area contributed by atoms with E-state index in [0.717, 1.165) is 12.8 Å². The van der Waals surface area contributed by atoms with Crippen LogP contribution in [0.15, 0.2) is 18.2 Å². The summed E-state index contributed by atoms with van der Waals surface area (Å²) in [5, 5.41) is 11.8. The molecule has 0 saturated carbocycles. The smallest absolute Gasteiger partial charge is 0.326 e. The number of benzene rings is 1. The first-order chi connectivity index (χ1) is 13.8. The molecule has 1 amide bonds. The summed E-state index contributed by atoms with van der Waals surface area (Å²) in [6.45, 7) is 8.69. The maximum atomic E-state index is 12.5. The molecule has 0 saturated heterocycles. The summed E-state index contributed by atoms with van der Waals surface area (Å²) < 4.78 is 11.4. The topological polar surface area (TPSA) is 102 Å². The molecule has 7 heteroatoms. The first-order valence-corrected chi connectivity index (χ1v) is 10.3. The zero-order chi connectivity index (χ0) is 21.8. The van der Waals surface area contributed by atoms with Crippen molar-refractivity contribution in [2.45, 2.75) is 65.8 Å². The molecule has 0 heterocycles. The van der Waals surface area contributed by atoms with Crippen LogP contribution in [0.4, 0.5) is 0 Å². The van der Waals surface area contributed by atoms with Crippen LogP contribution >= 0.6 is 0 Å². The second-order valence-corrected chi connectivity index (χ2v) is 7.05. The van der Waals surface area contributed by atoms with Crippen LogP contribution in [0.25, 0.3) is 0 Å². The van der Waals surface area contributed by atoms with Crippen LogP contribution in [0.3, 0.4) is 0 Å². The van der Waals surface area contributed by atoms with Gasteiger partial charge in [-0.2, -0.15) is 0 Å². The molecule has 162 valence electrons. The van der Waals surface area contributed by atoms with Crippen molar-refractivity contribution in [3.63, 3.8) is 0 Å². The highest BCUT2D eigenvalue weighted by Gasteiger charge is 2.25. The second kappa shape index (κ2) is 12.8. The van der Waals surface area contributed by atoms with E-state index in [-0.39, 0.29) is 24.5 Å². The lowest BCUT2D eigenvalue weighted by Crippen LogP contribution is -2.45. The van der Waals surface area contributed by atoms with Crippen molar-refractivity contribution >= 4 is 17.7 Å². The Morgan fingerprint density at radius 3 is 2.17 bits per heavy atom. The molecule has 0 aliphatic carbocycles.